The van der Waals surface area contributed by atoms with Crippen molar-refractivity contribution in [1.82, 2.24) is 0 Å². The van der Waals surface area contributed by atoms with Crippen LogP contribution in [-0.4, -0.2) is 27.3 Å². The third-order valence-corrected chi connectivity index (χ3v) is 3.86. The van der Waals surface area contributed by atoms with Gasteiger partial charge in [0.15, 0.2) is 11.1 Å². The summed E-state index contributed by atoms with van der Waals surface area (Å²) in [5, 5.41) is 0. The Hall–Kier alpha value is 0.690. The van der Waals surface area contributed by atoms with Crippen LogP contribution in [0.2, 0.25) is 0 Å². The van der Waals surface area contributed by atoms with E-state index >= 15 is 0 Å². The first-order valence-corrected chi connectivity index (χ1v) is 5.08. The SMILES string of the molecule is O=S1CC(Cl)(CCl)CCO1. The molecule has 0 amide bonds. The molecule has 0 bridgehead atoms. The highest BCUT2D eigenvalue weighted by Crippen LogP contribution is 2.26. The molecule has 0 N–H and O–H groups in total. The predicted octanol–water partition coefficient (Wildman–Crippen LogP) is 1.29. The zero-order chi connectivity index (χ0) is 7.61. The predicted molar refractivity (Wildman–Crippen MR) is 42.9 cm³/mol. The van der Waals surface area contributed by atoms with E-state index in [1.165, 1.54) is 0 Å². The van der Waals surface area contributed by atoms with Crippen molar-refractivity contribution >= 4 is 34.3 Å². The summed E-state index contributed by atoms with van der Waals surface area (Å²) in [5.41, 5.74) is 0. The van der Waals surface area contributed by atoms with E-state index in [0.29, 0.717) is 24.7 Å². The number of hydrogen-bond donors (Lipinski definition) is 0. The molecule has 1 rings (SSSR count). The van der Waals surface area contributed by atoms with Crippen molar-refractivity contribution in [3.8, 4) is 0 Å². The first-order valence-electron chi connectivity index (χ1n) is 2.93. The molecule has 1 heterocycles. The van der Waals surface area contributed by atoms with Crippen molar-refractivity contribution in [3.63, 3.8) is 0 Å². The lowest BCUT2D eigenvalue weighted by atomic mass is 10.1. The van der Waals surface area contributed by atoms with Crippen LogP contribution in [0.1, 0.15) is 6.42 Å². The molecule has 2 nitrogen and oxygen atoms in total. The fourth-order valence-corrected chi connectivity index (χ4v) is 2.45. The van der Waals surface area contributed by atoms with Crippen LogP contribution in [0, 0.1) is 0 Å². The van der Waals surface area contributed by atoms with Crippen LogP contribution in [0.25, 0.3) is 0 Å². The monoisotopic (exact) mass is 202 g/mol. The zero-order valence-electron chi connectivity index (χ0n) is 5.31. The maximum Gasteiger partial charge on any atom is 0.157 e. The molecule has 0 aromatic rings. The van der Waals surface area contributed by atoms with Crippen molar-refractivity contribution < 1.29 is 8.39 Å². The smallest absolute Gasteiger partial charge is 0.157 e. The second kappa shape index (κ2) is 3.39. The quantitative estimate of drug-likeness (QED) is 0.600. The standard InChI is InChI=1S/C5H8Cl2O2S/c6-3-5(7)1-2-9-10(8)4-5/h1-4H2. The second-order valence-electron chi connectivity index (χ2n) is 2.30. The molecule has 1 aliphatic rings. The Kier molecular flexibility index (Phi) is 2.98. The van der Waals surface area contributed by atoms with Crippen LogP contribution < -0.4 is 0 Å². The fourth-order valence-electron chi connectivity index (χ4n) is 0.748. The highest BCUT2D eigenvalue weighted by molar-refractivity contribution is 7.80. The van der Waals surface area contributed by atoms with Gasteiger partial charge in [0.25, 0.3) is 0 Å². The molecule has 2 unspecified atom stereocenters. The van der Waals surface area contributed by atoms with Gasteiger partial charge in [-0.1, -0.05) is 0 Å². The Morgan fingerprint density at radius 3 is 2.80 bits per heavy atom. The minimum atomic E-state index is -1.23. The van der Waals surface area contributed by atoms with Crippen LogP contribution in [0.15, 0.2) is 0 Å². The van der Waals surface area contributed by atoms with Gasteiger partial charge in [0.1, 0.15) is 0 Å². The lowest BCUT2D eigenvalue weighted by Crippen LogP contribution is -2.37. The van der Waals surface area contributed by atoms with Gasteiger partial charge in [0.2, 0.25) is 0 Å². The molecule has 1 aliphatic heterocycles. The first kappa shape index (κ1) is 8.78. The fraction of sp³-hybridized carbons (Fsp3) is 1.00. The average molecular weight is 203 g/mol. The van der Waals surface area contributed by atoms with Gasteiger partial charge < -0.3 is 0 Å². The van der Waals surface area contributed by atoms with E-state index in [9.17, 15) is 4.21 Å². The normalized spacial score (nSPS) is 41.6. The largest absolute Gasteiger partial charge is 0.290 e. The van der Waals surface area contributed by atoms with Gasteiger partial charge in [-0.2, -0.15) is 0 Å². The molecule has 5 heteroatoms. The molecule has 60 valence electrons. The molecular formula is C5H8Cl2O2S. The summed E-state index contributed by atoms with van der Waals surface area (Å²) in [6, 6.07) is 0. The van der Waals surface area contributed by atoms with Crippen LogP contribution in [-0.2, 0) is 15.3 Å². The summed E-state index contributed by atoms with van der Waals surface area (Å²) in [5.74, 6) is 0.682. The molecule has 0 aromatic carbocycles. The third-order valence-electron chi connectivity index (χ3n) is 1.38. The Morgan fingerprint density at radius 2 is 2.40 bits per heavy atom. The van der Waals surface area contributed by atoms with E-state index in [1.807, 2.05) is 0 Å². The van der Waals surface area contributed by atoms with E-state index in [0.717, 1.165) is 0 Å². The van der Waals surface area contributed by atoms with Gasteiger partial charge in [0.05, 0.1) is 17.2 Å². The molecule has 0 radical (unpaired) electrons. The van der Waals surface area contributed by atoms with Crippen molar-refractivity contribution in [1.29, 1.82) is 0 Å². The van der Waals surface area contributed by atoms with E-state index < -0.39 is 16.0 Å². The lowest BCUT2D eigenvalue weighted by molar-refractivity contribution is 0.299. The average Bonchev–Trinajstić information content (AvgIpc) is 1.88. The van der Waals surface area contributed by atoms with Crippen molar-refractivity contribution in [2.75, 3.05) is 18.2 Å². The van der Waals surface area contributed by atoms with E-state index in [-0.39, 0.29) is 0 Å². The zero-order valence-corrected chi connectivity index (χ0v) is 7.64. The first-order chi connectivity index (χ1) is 4.66. The van der Waals surface area contributed by atoms with Crippen LogP contribution >= 0.6 is 23.2 Å². The van der Waals surface area contributed by atoms with Crippen LogP contribution in [0.4, 0.5) is 0 Å². The van der Waals surface area contributed by atoms with Crippen LogP contribution in [0.5, 0.6) is 0 Å². The minimum absolute atomic E-state index is 0.337. The van der Waals surface area contributed by atoms with Crippen LogP contribution in [0.3, 0.4) is 0 Å². The summed E-state index contributed by atoms with van der Waals surface area (Å²) in [6.45, 7) is 0.447. The number of hydrogen-bond acceptors (Lipinski definition) is 2. The Bertz CT molecular complexity index is 153. The summed E-state index contributed by atoms with van der Waals surface area (Å²) < 4.78 is 15.6. The highest BCUT2D eigenvalue weighted by atomic mass is 35.5. The molecule has 0 spiro atoms. The van der Waals surface area contributed by atoms with Gasteiger partial charge in [-0.25, -0.2) is 4.21 Å². The lowest BCUT2D eigenvalue weighted by Gasteiger charge is -2.27. The molecule has 2 atom stereocenters. The van der Waals surface area contributed by atoms with E-state index in [2.05, 4.69) is 0 Å². The highest BCUT2D eigenvalue weighted by Gasteiger charge is 2.33. The summed E-state index contributed by atoms with van der Waals surface area (Å²) in [7, 11) is 0. The number of halogens is 2. The molecule has 1 saturated heterocycles. The van der Waals surface area contributed by atoms with Crippen molar-refractivity contribution in [2.45, 2.75) is 11.3 Å². The Balaban J connectivity index is 2.53. The second-order valence-corrected chi connectivity index (χ2v) is 4.51. The molecule has 1 fully saturated rings. The molecule has 0 aliphatic carbocycles. The Labute approximate surface area is 72.5 Å². The molecular weight excluding hydrogens is 195 g/mol. The molecule has 10 heavy (non-hydrogen) atoms. The molecule has 0 saturated carbocycles. The van der Waals surface area contributed by atoms with Gasteiger partial charge in [0, 0.05) is 5.88 Å². The van der Waals surface area contributed by atoms with Crippen molar-refractivity contribution in [2.24, 2.45) is 0 Å². The maximum absolute atomic E-state index is 10.8. The van der Waals surface area contributed by atoms with E-state index in [1.54, 1.807) is 0 Å². The minimum Gasteiger partial charge on any atom is -0.290 e. The van der Waals surface area contributed by atoms with E-state index in [4.69, 9.17) is 27.4 Å². The summed E-state index contributed by atoms with van der Waals surface area (Å²) in [6.07, 6.45) is 0.684. The van der Waals surface area contributed by atoms with Gasteiger partial charge in [-0.05, 0) is 6.42 Å². The summed E-state index contributed by atoms with van der Waals surface area (Å²) >= 11 is 10.3. The van der Waals surface area contributed by atoms with Gasteiger partial charge in [-0.3, -0.25) is 4.18 Å². The van der Waals surface area contributed by atoms with Crippen molar-refractivity contribution in [3.05, 3.63) is 0 Å². The number of alkyl halides is 2. The Morgan fingerprint density at radius 1 is 1.70 bits per heavy atom. The topological polar surface area (TPSA) is 26.3 Å². The number of rotatable bonds is 1. The third kappa shape index (κ3) is 2.09. The molecule has 0 aromatic heterocycles. The van der Waals surface area contributed by atoms with Gasteiger partial charge >= 0.3 is 0 Å². The van der Waals surface area contributed by atoms with Gasteiger partial charge in [-0.15, -0.1) is 23.2 Å². The summed E-state index contributed by atoms with van der Waals surface area (Å²) in [4.78, 5) is -0.495. The maximum atomic E-state index is 10.8.